The lowest BCUT2D eigenvalue weighted by Crippen LogP contribution is -2.34. The van der Waals surface area contributed by atoms with Crippen LogP contribution in [0.3, 0.4) is 0 Å². The second-order valence-electron chi connectivity index (χ2n) is 7.62. The van der Waals surface area contributed by atoms with E-state index in [1.54, 1.807) is 14.2 Å². The van der Waals surface area contributed by atoms with Gasteiger partial charge in [0.15, 0.2) is 0 Å². The Morgan fingerprint density at radius 1 is 0.818 bits per heavy atom. The molecule has 2 rings (SSSR count). The number of fused-ring (bicyclic) bond motifs is 1. The smallest absolute Gasteiger partial charge is 0.146 e. The molecule has 3 heteroatoms. The van der Waals surface area contributed by atoms with E-state index in [1.165, 1.54) is 35.1 Å². The van der Waals surface area contributed by atoms with Gasteiger partial charge in [0.1, 0.15) is 6.79 Å². The second kappa shape index (κ2) is 6.69. The first-order chi connectivity index (χ1) is 10.3. The van der Waals surface area contributed by atoms with Crippen LogP contribution in [0.5, 0.6) is 0 Å². The predicted molar refractivity (Wildman–Crippen MR) is 89.1 cm³/mol. The van der Waals surface area contributed by atoms with E-state index in [9.17, 15) is 0 Å². The highest BCUT2D eigenvalue weighted by atomic mass is 16.7. The third-order valence-corrected chi connectivity index (χ3v) is 4.93. The summed E-state index contributed by atoms with van der Waals surface area (Å²) < 4.78 is 16.0. The Labute approximate surface area is 135 Å². The maximum absolute atomic E-state index is 5.59. The number of ether oxygens (including phenoxy) is 3. The molecule has 22 heavy (non-hydrogen) atoms. The van der Waals surface area contributed by atoms with E-state index in [2.05, 4.69) is 39.8 Å². The Kier molecular flexibility index (Phi) is 5.31. The summed E-state index contributed by atoms with van der Waals surface area (Å²) in [5, 5.41) is 0. The molecule has 1 aromatic carbocycles. The standard InChI is InChI=1S/C19H30O3/c1-18(2)7-8-19(3,4)17-10-15(12-22-13-21-6)14(11-20-5)9-16(17)18/h9-10H,7-8,11-13H2,1-6H3. The van der Waals surface area contributed by atoms with Crippen LogP contribution >= 0.6 is 0 Å². The quantitative estimate of drug-likeness (QED) is 0.579. The highest BCUT2D eigenvalue weighted by Gasteiger charge is 2.37. The summed E-state index contributed by atoms with van der Waals surface area (Å²) in [5.74, 6) is 0. The van der Waals surface area contributed by atoms with Crippen molar-refractivity contribution < 1.29 is 14.2 Å². The van der Waals surface area contributed by atoms with E-state index in [1.807, 2.05) is 0 Å². The first-order valence-electron chi connectivity index (χ1n) is 8.04. The van der Waals surface area contributed by atoms with Gasteiger partial charge in [0.25, 0.3) is 0 Å². The molecule has 0 saturated carbocycles. The Morgan fingerprint density at radius 3 is 1.77 bits per heavy atom. The Balaban J connectivity index is 2.47. The molecule has 0 bridgehead atoms. The van der Waals surface area contributed by atoms with Crippen LogP contribution in [0.4, 0.5) is 0 Å². The van der Waals surface area contributed by atoms with Crippen LogP contribution in [-0.2, 0) is 38.3 Å². The van der Waals surface area contributed by atoms with E-state index < -0.39 is 0 Å². The Morgan fingerprint density at radius 2 is 1.32 bits per heavy atom. The van der Waals surface area contributed by atoms with Crippen LogP contribution in [0, 0.1) is 0 Å². The SMILES string of the molecule is COCOCc1cc2c(cc1COC)C(C)(C)CCC2(C)C. The third-order valence-electron chi connectivity index (χ3n) is 4.93. The molecule has 0 N–H and O–H groups in total. The molecule has 0 saturated heterocycles. The molecule has 0 unspecified atom stereocenters. The van der Waals surface area contributed by atoms with Gasteiger partial charge in [-0.2, -0.15) is 0 Å². The highest BCUT2D eigenvalue weighted by molar-refractivity contribution is 5.47. The van der Waals surface area contributed by atoms with Gasteiger partial charge in [0.2, 0.25) is 0 Å². The number of hydrogen-bond donors (Lipinski definition) is 0. The average molecular weight is 306 g/mol. The van der Waals surface area contributed by atoms with Crippen LogP contribution in [0.1, 0.15) is 62.8 Å². The third kappa shape index (κ3) is 3.53. The second-order valence-corrected chi connectivity index (χ2v) is 7.62. The maximum atomic E-state index is 5.59. The minimum atomic E-state index is 0.215. The van der Waals surface area contributed by atoms with Crippen LogP contribution in [0.15, 0.2) is 12.1 Å². The summed E-state index contributed by atoms with van der Waals surface area (Å²) in [6.07, 6.45) is 2.44. The van der Waals surface area contributed by atoms with Crippen molar-refractivity contribution in [3.8, 4) is 0 Å². The van der Waals surface area contributed by atoms with Gasteiger partial charge in [-0.05, 0) is 45.9 Å². The van der Waals surface area contributed by atoms with Crippen molar-refractivity contribution in [3.63, 3.8) is 0 Å². The normalized spacial score (nSPS) is 19.0. The van der Waals surface area contributed by atoms with Crippen LogP contribution in [-0.4, -0.2) is 21.0 Å². The molecule has 0 atom stereocenters. The van der Waals surface area contributed by atoms with Crippen molar-refractivity contribution in [2.24, 2.45) is 0 Å². The summed E-state index contributed by atoms with van der Waals surface area (Å²) in [4.78, 5) is 0. The lowest BCUT2D eigenvalue weighted by molar-refractivity contribution is -0.0395. The summed E-state index contributed by atoms with van der Waals surface area (Å²) in [7, 11) is 3.39. The molecule has 0 aromatic heterocycles. The number of hydrogen-bond acceptors (Lipinski definition) is 3. The molecule has 3 nitrogen and oxygen atoms in total. The fourth-order valence-electron chi connectivity index (χ4n) is 3.36. The van der Waals surface area contributed by atoms with Crippen molar-refractivity contribution >= 4 is 0 Å². The molecule has 0 radical (unpaired) electrons. The largest absolute Gasteiger partial charge is 0.380 e. The molecule has 0 aliphatic heterocycles. The first kappa shape index (κ1) is 17.5. The van der Waals surface area contributed by atoms with Gasteiger partial charge in [-0.3, -0.25) is 0 Å². The van der Waals surface area contributed by atoms with Gasteiger partial charge in [-0.25, -0.2) is 0 Å². The fraction of sp³-hybridized carbons (Fsp3) is 0.684. The zero-order valence-corrected chi connectivity index (χ0v) is 14.9. The van der Waals surface area contributed by atoms with E-state index in [0.29, 0.717) is 20.0 Å². The zero-order chi connectivity index (χ0) is 16.4. The molecular formula is C19H30O3. The van der Waals surface area contributed by atoms with Gasteiger partial charge >= 0.3 is 0 Å². The Bertz CT molecular complexity index is 518. The Hall–Kier alpha value is -0.900. The minimum Gasteiger partial charge on any atom is -0.380 e. The van der Waals surface area contributed by atoms with Crippen LogP contribution < -0.4 is 0 Å². The number of methoxy groups -OCH3 is 2. The molecule has 124 valence electrons. The number of rotatable bonds is 6. The average Bonchev–Trinajstić information content (AvgIpc) is 2.45. The summed E-state index contributed by atoms with van der Waals surface area (Å²) in [5.41, 5.74) is 5.79. The molecule has 1 aromatic rings. The number of benzene rings is 1. The van der Waals surface area contributed by atoms with Gasteiger partial charge < -0.3 is 14.2 Å². The van der Waals surface area contributed by atoms with E-state index in [4.69, 9.17) is 14.2 Å². The van der Waals surface area contributed by atoms with Crippen molar-refractivity contribution in [2.45, 2.75) is 64.6 Å². The van der Waals surface area contributed by atoms with E-state index in [0.717, 1.165) is 0 Å². The monoisotopic (exact) mass is 306 g/mol. The first-order valence-corrected chi connectivity index (χ1v) is 8.04. The lowest BCUT2D eigenvalue weighted by Gasteiger charge is -2.42. The molecule has 1 aliphatic rings. The van der Waals surface area contributed by atoms with Gasteiger partial charge in [-0.15, -0.1) is 0 Å². The zero-order valence-electron chi connectivity index (χ0n) is 14.9. The molecular weight excluding hydrogens is 276 g/mol. The highest BCUT2D eigenvalue weighted by Crippen LogP contribution is 2.46. The van der Waals surface area contributed by atoms with Gasteiger partial charge in [0, 0.05) is 14.2 Å². The molecule has 0 heterocycles. The topological polar surface area (TPSA) is 27.7 Å². The summed E-state index contributed by atoms with van der Waals surface area (Å²) >= 11 is 0. The maximum Gasteiger partial charge on any atom is 0.146 e. The van der Waals surface area contributed by atoms with Crippen LogP contribution in [0.25, 0.3) is 0 Å². The van der Waals surface area contributed by atoms with Crippen molar-refractivity contribution in [1.82, 2.24) is 0 Å². The van der Waals surface area contributed by atoms with Crippen LogP contribution in [0.2, 0.25) is 0 Å². The van der Waals surface area contributed by atoms with Crippen molar-refractivity contribution in [3.05, 3.63) is 34.4 Å². The molecule has 0 amide bonds. The van der Waals surface area contributed by atoms with Gasteiger partial charge in [-0.1, -0.05) is 39.8 Å². The fourth-order valence-corrected chi connectivity index (χ4v) is 3.36. The summed E-state index contributed by atoms with van der Waals surface area (Å²) in [6, 6.07) is 4.67. The van der Waals surface area contributed by atoms with Crippen molar-refractivity contribution in [1.29, 1.82) is 0 Å². The van der Waals surface area contributed by atoms with E-state index in [-0.39, 0.29) is 10.8 Å². The summed E-state index contributed by atoms with van der Waals surface area (Å²) in [6.45, 7) is 10.9. The molecule has 0 spiro atoms. The van der Waals surface area contributed by atoms with Gasteiger partial charge in [0.05, 0.1) is 13.2 Å². The van der Waals surface area contributed by atoms with Crippen molar-refractivity contribution in [2.75, 3.05) is 21.0 Å². The van der Waals surface area contributed by atoms with E-state index >= 15 is 0 Å². The minimum absolute atomic E-state index is 0.215. The molecule has 1 aliphatic carbocycles. The molecule has 0 fully saturated rings. The predicted octanol–water partition coefficient (Wildman–Crippen LogP) is 4.30. The lowest BCUT2D eigenvalue weighted by atomic mass is 9.62.